The highest BCUT2D eigenvalue weighted by Gasteiger charge is 2.14. The zero-order chi connectivity index (χ0) is 20.5. The van der Waals surface area contributed by atoms with Crippen LogP contribution < -0.4 is 25.6 Å². The first-order valence-electron chi connectivity index (χ1n) is 8.78. The molecule has 0 heterocycles. The molecule has 0 bridgehead atoms. The maximum absolute atomic E-state index is 12.1. The van der Waals surface area contributed by atoms with Crippen LogP contribution in [0.5, 0.6) is 5.75 Å². The fourth-order valence-electron chi connectivity index (χ4n) is 2.54. The smallest absolute Gasteiger partial charge is 0.279 e. The molecule has 0 aliphatic rings. The van der Waals surface area contributed by atoms with Crippen molar-refractivity contribution in [1.82, 2.24) is 0 Å². The molecule has 2 aromatic carbocycles. The Morgan fingerprint density at radius 1 is 0.786 bits per heavy atom. The van der Waals surface area contributed by atoms with E-state index in [1.54, 1.807) is 62.7 Å². The number of hydrogen-bond acceptors (Lipinski definition) is 4. The van der Waals surface area contributed by atoms with E-state index in [1.807, 2.05) is 0 Å². The van der Waals surface area contributed by atoms with Crippen molar-refractivity contribution in [3.63, 3.8) is 0 Å². The molecule has 1 atom stereocenters. The molecule has 0 radical (unpaired) electrons. The van der Waals surface area contributed by atoms with Crippen molar-refractivity contribution in [2.24, 2.45) is 0 Å². The van der Waals surface area contributed by atoms with E-state index < -0.39 is 0 Å². The first-order valence-corrected chi connectivity index (χ1v) is 8.78. The second-order valence-electron chi connectivity index (χ2n) is 6.39. The summed E-state index contributed by atoms with van der Waals surface area (Å²) < 4.78 is 5.07. The predicted molar refractivity (Wildman–Crippen MR) is 108 cm³/mol. The number of anilines is 3. The van der Waals surface area contributed by atoms with Crippen LogP contribution in [-0.4, -0.2) is 45.0 Å². The zero-order valence-electron chi connectivity index (χ0n) is 16.2. The molecule has 0 saturated heterocycles. The average Bonchev–Trinajstić information content (AvgIpc) is 2.63. The molecule has 28 heavy (non-hydrogen) atoms. The molecule has 2 rings (SSSR count). The van der Waals surface area contributed by atoms with Crippen LogP contribution in [0.25, 0.3) is 0 Å². The molecule has 0 fully saturated rings. The second-order valence-corrected chi connectivity index (χ2v) is 6.39. The van der Waals surface area contributed by atoms with Crippen LogP contribution in [-0.2, 0) is 14.4 Å². The van der Waals surface area contributed by atoms with E-state index in [2.05, 4.69) is 16.0 Å². The van der Waals surface area contributed by atoms with E-state index in [0.717, 1.165) is 4.90 Å². The molecule has 0 spiro atoms. The molecular formula is C20H25N4O4+. The summed E-state index contributed by atoms with van der Waals surface area (Å²) >= 11 is 0. The van der Waals surface area contributed by atoms with Crippen molar-refractivity contribution in [3.05, 3.63) is 48.5 Å². The number of methoxy groups -OCH3 is 1. The maximum atomic E-state index is 12.1. The molecule has 8 heteroatoms. The van der Waals surface area contributed by atoms with Gasteiger partial charge in [-0.05, 0) is 48.5 Å². The van der Waals surface area contributed by atoms with Crippen molar-refractivity contribution in [3.8, 4) is 5.75 Å². The van der Waals surface area contributed by atoms with Crippen LogP contribution in [0.1, 0.15) is 6.92 Å². The van der Waals surface area contributed by atoms with E-state index >= 15 is 0 Å². The summed E-state index contributed by atoms with van der Waals surface area (Å²) in [7, 11) is 3.35. The summed E-state index contributed by atoms with van der Waals surface area (Å²) in [6.07, 6.45) is 0. The second kappa shape index (κ2) is 10.1. The normalized spacial score (nSPS) is 11.2. The number of quaternary nitrogens is 1. The Morgan fingerprint density at radius 3 is 1.57 bits per heavy atom. The van der Waals surface area contributed by atoms with Gasteiger partial charge in [-0.25, -0.2) is 0 Å². The van der Waals surface area contributed by atoms with Gasteiger partial charge in [-0.15, -0.1) is 0 Å². The molecule has 0 saturated carbocycles. The SMILES string of the molecule is COc1ccc(NC(=O)C[NH+](C)CC(=O)Nc2ccc(NC(C)=O)cc2)cc1. The number of rotatable bonds is 8. The molecule has 3 amide bonds. The fourth-order valence-corrected chi connectivity index (χ4v) is 2.54. The van der Waals surface area contributed by atoms with Crippen LogP contribution in [0.4, 0.5) is 17.1 Å². The Balaban J connectivity index is 1.77. The van der Waals surface area contributed by atoms with Crippen LogP contribution in [0.3, 0.4) is 0 Å². The number of hydrogen-bond donors (Lipinski definition) is 4. The van der Waals surface area contributed by atoms with Crippen molar-refractivity contribution in [2.45, 2.75) is 6.92 Å². The molecule has 4 N–H and O–H groups in total. The van der Waals surface area contributed by atoms with Gasteiger partial charge in [0, 0.05) is 24.0 Å². The van der Waals surface area contributed by atoms with Gasteiger partial charge in [-0.1, -0.05) is 0 Å². The number of carbonyl (C=O) groups excluding carboxylic acids is 3. The Kier molecular flexibility index (Phi) is 7.53. The van der Waals surface area contributed by atoms with Crippen LogP contribution in [0.15, 0.2) is 48.5 Å². The molecule has 1 unspecified atom stereocenters. The highest BCUT2D eigenvalue weighted by molar-refractivity contribution is 5.93. The Morgan fingerprint density at radius 2 is 1.18 bits per heavy atom. The fraction of sp³-hybridized carbons (Fsp3) is 0.250. The van der Waals surface area contributed by atoms with Crippen molar-refractivity contribution in [1.29, 1.82) is 0 Å². The number of amides is 3. The van der Waals surface area contributed by atoms with Crippen molar-refractivity contribution in [2.75, 3.05) is 43.2 Å². The van der Waals surface area contributed by atoms with Gasteiger partial charge in [0.25, 0.3) is 11.8 Å². The minimum Gasteiger partial charge on any atom is -0.497 e. The molecular weight excluding hydrogens is 360 g/mol. The lowest BCUT2D eigenvalue weighted by molar-refractivity contribution is -0.862. The molecule has 8 nitrogen and oxygen atoms in total. The van der Waals surface area contributed by atoms with Gasteiger partial charge in [0.1, 0.15) is 5.75 Å². The van der Waals surface area contributed by atoms with Gasteiger partial charge in [0.15, 0.2) is 13.1 Å². The van der Waals surface area contributed by atoms with E-state index in [9.17, 15) is 14.4 Å². The van der Waals surface area contributed by atoms with Crippen molar-refractivity contribution < 1.29 is 24.0 Å². The number of carbonyl (C=O) groups is 3. The zero-order valence-corrected chi connectivity index (χ0v) is 16.2. The number of benzene rings is 2. The topological polar surface area (TPSA) is 101 Å². The minimum absolute atomic E-state index is 0.142. The van der Waals surface area contributed by atoms with Gasteiger partial charge in [-0.2, -0.15) is 0 Å². The number of likely N-dealkylation sites (N-methyl/N-ethyl adjacent to an activating group) is 1. The quantitative estimate of drug-likeness (QED) is 0.539. The number of ether oxygens (including phenoxy) is 1. The van der Waals surface area contributed by atoms with E-state index in [0.29, 0.717) is 22.8 Å². The summed E-state index contributed by atoms with van der Waals surface area (Å²) in [5, 5.41) is 8.22. The van der Waals surface area contributed by atoms with Crippen molar-refractivity contribution >= 4 is 34.8 Å². The molecule has 0 aliphatic carbocycles. The Hall–Kier alpha value is -3.39. The third-order valence-electron chi connectivity index (χ3n) is 3.79. The lowest BCUT2D eigenvalue weighted by Gasteiger charge is -2.14. The monoisotopic (exact) mass is 385 g/mol. The highest BCUT2D eigenvalue weighted by Crippen LogP contribution is 2.15. The summed E-state index contributed by atoms with van der Waals surface area (Å²) in [6.45, 7) is 1.73. The van der Waals surface area contributed by atoms with Crippen LogP contribution >= 0.6 is 0 Å². The van der Waals surface area contributed by atoms with E-state index in [1.165, 1.54) is 6.92 Å². The van der Waals surface area contributed by atoms with Gasteiger partial charge in [0.05, 0.1) is 14.2 Å². The predicted octanol–water partition coefficient (Wildman–Crippen LogP) is 0.746. The number of nitrogens with one attached hydrogen (secondary N) is 4. The molecule has 2 aromatic rings. The molecule has 0 aliphatic heterocycles. The summed E-state index contributed by atoms with van der Waals surface area (Å²) in [4.78, 5) is 36.0. The molecule has 148 valence electrons. The van der Waals surface area contributed by atoms with Gasteiger partial charge in [-0.3, -0.25) is 14.4 Å². The Labute approximate surface area is 163 Å². The average molecular weight is 385 g/mol. The first-order chi connectivity index (χ1) is 13.4. The highest BCUT2D eigenvalue weighted by atomic mass is 16.5. The third kappa shape index (κ3) is 7.08. The Bertz CT molecular complexity index is 819. The minimum atomic E-state index is -0.206. The van der Waals surface area contributed by atoms with Gasteiger partial charge in [0.2, 0.25) is 5.91 Å². The van der Waals surface area contributed by atoms with E-state index in [-0.39, 0.29) is 30.8 Å². The lowest BCUT2D eigenvalue weighted by atomic mass is 10.2. The summed E-state index contributed by atoms with van der Waals surface area (Å²) in [5.41, 5.74) is 1.94. The summed E-state index contributed by atoms with van der Waals surface area (Å²) in [5.74, 6) is 0.162. The summed E-state index contributed by atoms with van der Waals surface area (Å²) in [6, 6.07) is 13.8. The first kappa shape index (κ1) is 20.9. The van der Waals surface area contributed by atoms with Crippen LogP contribution in [0.2, 0.25) is 0 Å². The lowest BCUT2D eigenvalue weighted by Crippen LogP contribution is -3.11. The van der Waals surface area contributed by atoms with Crippen LogP contribution in [0, 0.1) is 0 Å². The van der Waals surface area contributed by atoms with Gasteiger partial charge >= 0.3 is 0 Å². The van der Waals surface area contributed by atoms with Gasteiger partial charge < -0.3 is 25.6 Å². The third-order valence-corrected chi connectivity index (χ3v) is 3.79. The largest absolute Gasteiger partial charge is 0.497 e. The van der Waals surface area contributed by atoms with E-state index in [4.69, 9.17) is 4.74 Å². The maximum Gasteiger partial charge on any atom is 0.279 e. The molecule has 0 aromatic heterocycles. The standard InChI is InChI=1S/C20H24N4O4/c1-14(25)21-15-4-6-16(7-5-15)22-19(26)12-24(2)13-20(27)23-17-8-10-18(28-3)11-9-17/h4-11H,12-13H2,1-3H3,(H,21,25)(H,22,26)(H,23,27)/p+1.